The van der Waals surface area contributed by atoms with E-state index in [4.69, 9.17) is 5.73 Å². The summed E-state index contributed by atoms with van der Waals surface area (Å²) < 4.78 is 12.8. The lowest BCUT2D eigenvalue weighted by Gasteiger charge is -2.22. The smallest absolute Gasteiger partial charge is 0.123 e. The van der Waals surface area contributed by atoms with Gasteiger partial charge in [0.2, 0.25) is 0 Å². The first-order valence-electron chi connectivity index (χ1n) is 5.81. The van der Waals surface area contributed by atoms with Crippen molar-refractivity contribution in [3.05, 3.63) is 35.6 Å². The molecule has 0 amide bonds. The maximum absolute atomic E-state index is 12.8. The Balaban J connectivity index is 2.57. The van der Waals surface area contributed by atoms with Gasteiger partial charge in [-0.15, -0.1) is 0 Å². The molecule has 0 bridgehead atoms. The largest absolute Gasteiger partial charge is 0.329 e. The molecule has 3 N–H and O–H groups in total. The monoisotopic (exact) mass is 224 g/mol. The molecule has 0 aliphatic heterocycles. The molecular weight excluding hydrogens is 203 g/mol. The number of halogens is 1. The molecule has 0 spiro atoms. The van der Waals surface area contributed by atoms with Crippen molar-refractivity contribution in [3.63, 3.8) is 0 Å². The highest BCUT2D eigenvalue weighted by atomic mass is 19.1. The summed E-state index contributed by atoms with van der Waals surface area (Å²) in [6, 6.07) is 7.10. The lowest BCUT2D eigenvalue weighted by Crippen LogP contribution is -2.38. The number of benzene rings is 1. The molecule has 1 aromatic carbocycles. The third-order valence-electron chi connectivity index (χ3n) is 2.72. The normalized spacial score (nSPS) is 13.1. The van der Waals surface area contributed by atoms with Crippen LogP contribution < -0.4 is 11.1 Å². The summed E-state index contributed by atoms with van der Waals surface area (Å²) in [4.78, 5) is 0. The van der Waals surface area contributed by atoms with E-state index in [1.165, 1.54) is 12.1 Å². The van der Waals surface area contributed by atoms with E-state index in [0.29, 0.717) is 18.5 Å². The van der Waals surface area contributed by atoms with Gasteiger partial charge in [-0.05, 0) is 30.0 Å². The van der Waals surface area contributed by atoms with Crippen molar-refractivity contribution in [1.82, 2.24) is 5.32 Å². The molecular formula is C13H21FN2. The van der Waals surface area contributed by atoms with E-state index in [1.807, 2.05) is 12.1 Å². The number of hydrogen-bond donors (Lipinski definition) is 2. The minimum Gasteiger partial charge on any atom is -0.329 e. The molecule has 1 aromatic rings. The SMILES string of the molecule is CC(C)C(Cc1ccc(F)cc1)NCCN. The van der Waals surface area contributed by atoms with E-state index in [-0.39, 0.29) is 5.82 Å². The first kappa shape index (κ1) is 13.1. The Morgan fingerprint density at radius 3 is 2.38 bits per heavy atom. The van der Waals surface area contributed by atoms with Crippen molar-refractivity contribution in [2.24, 2.45) is 11.7 Å². The molecule has 0 aliphatic carbocycles. The molecule has 0 radical (unpaired) electrons. The van der Waals surface area contributed by atoms with Gasteiger partial charge >= 0.3 is 0 Å². The molecule has 3 heteroatoms. The van der Waals surface area contributed by atoms with Crippen LogP contribution in [0.1, 0.15) is 19.4 Å². The van der Waals surface area contributed by atoms with E-state index in [1.54, 1.807) is 0 Å². The van der Waals surface area contributed by atoms with Crippen LogP contribution >= 0.6 is 0 Å². The van der Waals surface area contributed by atoms with Crippen molar-refractivity contribution in [2.75, 3.05) is 13.1 Å². The topological polar surface area (TPSA) is 38.0 Å². The lowest BCUT2D eigenvalue weighted by molar-refractivity contribution is 0.401. The zero-order valence-corrected chi connectivity index (χ0v) is 10.0. The second-order valence-electron chi connectivity index (χ2n) is 4.42. The maximum atomic E-state index is 12.8. The third kappa shape index (κ3) is 4.29. The van der Waals surface area contributed by atoms with Crippen molar-refractivity contribution in [2.45, 2.75) is 26.3 Å². The molecule has 0 saturated carbocycles. The summed E-state index contributed by atoms with van der Waals surface area (Å²) in [5.41, 5.74) is 6.64. The molecule has 2 nitrogen and oxygen atoms in total. The van der Waals surface area contributed by atoms with Crippen LogP contribution in [0.2, 0.25) is 0 Å². The molecule has 1 rings (SSSR count). The first-order chi connectivity index (χ1) is 7.63. The van der Waals surface area contributed by atoms with E-state index in [9.17, 15) is 4.39 Å². The lowest BCUT2D eigenvalue weighted by atomic mass is 9.96. The van der Waals surface area contributed by atoms with Crippen LogP contribution in [0.15, 0.2) is 24.3 Å². The summed E-state index contributed by atoms with van der Waals surface area (Å²) in [5, 5.41) is 3.41. The predicted molar refractivity (Wildman–Crippen MR) is 65.8 cm³/mol. The maximum Gasteiger partial charge on any atom is 0.123 e. The third-order valence-corrected chi connectivity index (χ3v) is 2.72. The molecule has 0 aromatic heterocycles. The molecule has 1 unspecified atom stereocenters. The number of nitrogens with two attached hydrogens (primary N) is 1. The van der Waals surface area contributed by atoms with Crippen LogP contribution in [-0.4, -0.2) is 19.1 Å². The van der Waals surface area contributed by atoms with Gasteiger partial charge in [-0.1, -0.05) is 26.0 Å². The average Bonchev–Trinajstić information content (AvgIpc) is 2.26. The Morgan fingerprint density at radius 2 is 1.88 bits per heavy atom. The van der Waals surface area contributed by atoms with E-state index in [0.717, 1.165) is 18.5 Å². The fourth-order valence-corrected chi connectivity index (χ4v) is 1.69. The minimum absolute atomic E-state index is 0.181. The molecule has 0 aliphatic rings. The van der Waals surface area contributed by atoms with Crippen LogP contribution in [0.5, 0.6) is 0 Å². The van der Waals surface area contributed by atoms with Crippen LogP contribution in [0.3, 0.4) is 0 Å². The van der Waals surface area contributed by atoms with Gasteiger partial charge in [0, 0.05) is 19.1 Å². The fourth-order valence-electron chi connectivity index (χ4n) is 1.69. The van der Waals surface area contributed by atoms with Gasteiger partial charge in [0.25, 0.3) is 0 Å². The standard InChI is InChI=1S/C13H21FN2/c1-10(2)13(16-8-7-15)9-11-3-5-12(14)6-4-11/h3-6,10,13,16H,7-9,15H2,1-2H3. The molecule has 16 heavy (non-hydrogen) atoms. The summed E-state index contributed by atoms with van der Waals surface area (Å²) in [6.07, 6.45) is 0.915. The Bertz CT molecular complexity index is 295. The number of hydrogen-bond acceptors (Lipinski definition) is 2. The van der Waals surface area contributed by atoms with E-state index >= 15 is 0 Å². The summed E-state index contributed by atoms with van der Waals surface area (Å²) >= 11 is 0. The second kappa shape index (κ2) is 6.61. The molecule has 90 valence electrons. The van der Waals surface area contributed by atoms with Crippen molar-refractivity contribution in [1.29, 1.82) is 0 Å². The minimum atomic E-state index is -0.181. The van der Waals surface area contributed by atoms with Gasteiger partial charge in [0.15, 0.2) is 0 Å². The van der Waals surface area contributed by atoms with Crippen molar-refractivity contribution in [3.8, 4) is 0 Å². The highest BCUT2D eigenvalue weighted by Crippen LogP contribution is 2.11. The number of nitrogens with one attached hydrogen (secondary N) is 1. The molecule has 1 atom stereocenters. The van der Waals surface area contributed by atoms with Gasteiger partial charge in [0.05, 0.1) is 0 Å². The highest BCUT2D eigenvalue weighted by Gasteiger charge is 2.12. The van der Waals surface area contributed by atoms with Crippen LogP contribution in [0.25, 0.3) is 0 Å². The second-order valence-corrected chi connectivity index (χ2v) is 4.42. The van der Waals surface area contributed by atoms with Crippen LogP contribution in [0.4, 0.5) is 4.39 Å². The Kier molecular flexibility index (Phi) is 5.43. The zero-order valence-electron chi connectivity index (χ0n) is 10.0. The predicted octanol–water partition coefficient (Wildman–Crippen LogP) is 1.94. The van der Waals surface area contributed by atoms with Crippen LogP contribution in [0, 0.1) is 11.7 Å². The van der Waals surface area contributed by atoms with Gasteiger partial charge in [-0.25, -0.2) is 4.39 Å². The quantitative estimate of drug-likeness (QED) is 0.775. The Labute approximate surface area is 97.0 Å². The molecule has 0 heterocycles. The first-order valence-corrected chi connectivity index (χ1v) is 5.81. The van der Waals surface area contributed by atoms with Crippen molar-refractivity contribution >= 4 is 0 Å². The fraction of sp³-hybridized carbons (Fsp3) is 0.538. The zero-order chi connectivity index (χ0) is 12.0. The van der Waals surface area contributed by atoms with Crippen LogP contribution in [-0.2, 0) is 6.42 Å². The Hall–Kier alpha value is -0.930. The van der Waals surface area contributed by atoms with Gasteiger partial charge in [-0.3, -0.25) is 0 Å². The van der Waals surface area contributed by atoms with Gasteiger partial charge in [0.1, 0.15) is 5.82 Å². The molecule has 0 saturated heterocycles. The van der Waals surface area contributed by atoms with Gasteiger partial charge < -0.3 is 11.1 Å². The average molecular weight is 224 g/mol. The van der Waals surface area contributed by atoms with Gasteiger partial charge in [-0.2, -0.15) is 0 Å². The molecule has 0 fully saturated rings. The van der Waals surface area contributed by atoms with E-state index in [2.05, 4.69) is 19.2 Å². The summed E-state index contributed by atoms with van der Waals surface area (Å²) in [7, 11) is 0. The van der Waals surface area contributed by atoms with Crippen molar-refractivity contribution < 1.29 is 4.39 Å². The summed E-state index contributed by atoms with van der Waals surface area (Å²) in [6.45, 7) is 5.83. The summed E-state index contributed by atoms with van der Waals surface area (Å²) in [5.74, 6) is 0.358. The number of rotatable bonds is 6. The Morgan fingerprint density at radius 1 is 1.25 bits per heavy atom. The van der Waals surface area contributed by atoms with E-state index < -0.39 is 0 Å². The highest BCUT2D eigenvalue weighted by molar-refractivity contribution is 5.17.